The lowest BCUT2D eigenvalue weighted by Gasteiger charge is -2.39. The largest absolute Gasteiger partial charge is 0.402 e. The van der Waals surface area contributed by atoms with Crippen molar-refractivity contribution in [3.8, 4) is 6.07 Å². The number of benzene rings is 2. The molecule has 1 saturated heterocycles. The van der Waals surface area contributed by atoms with E-state index in [9.17, 15) is 5.26 Å². The second kappa shape index (κ2) is 9.38. The van der Waals surface area contributed by atoms with E-state index in [1.165, 1.54) is 5.56 Å². The maximum absolute atomic E-state index is 9.29. The van der Waals surface area contributed by atoms with E-state index >= 15 is 0 Å². The number of nitriles is 1. The van der Waals surface area contributed by atoms with Crippen molar-refractivity contribution in [1.29, 1.82) is 5.26 Å². The Hall–Kier alpha value is -1.53. The van der Waals surface area contributed by atoms with Crippen molar-refractivity contribution in [3.63, 3.8) is 0 Å². The van der Waals surface area contributed by atoms with Gasteiger partial charge in [0.25, 0.3) is 0 Å². The summed E-state index contributed by atoms with van der Waals surface area (Å²) < 4.78 is 21.9. The van der Waals surface area contributed by atoms with Gasteiger partial charge in [0.1, 0.15) is 11.9 Å². The normalized spacial score (nSPS) is 25.3. The molecule has 2 aromatic carbocycles. The number of nitrogens with zero attached hydrogens (tertiary/aromatic N) is 3. The summed E-state index contributed by atoms with van der Waals surface area (Å²) in [4.78, 5) is 0. The van der Waals surface area contributed by atoms with Gasteiger partial charge in [0.15, 0.2) is 24.0 Å². The molecule has 1 heterocycles. The third-order valence-corrected chi connectivity index (χ3v) is 12.9. The van der Waals surface area contributed by atoms with E-state index in [-0.39, 0.29) is 18.0 Å². The Kier molecular flexibility index (Phi) is 7.36. The van der Waals surface area contributed by atoms with Gasteiger partial charge in [-0.05, 0) is 76.5 Å². The van der Waals surface area contributed by atoms with Crippen molar-refractivity contribution < 1.29 is 8.95 Å². The van der Waals surface area contributed by atoms with Crippen LogP contribution >= 0.6 is 7.43 Å². The minimum Gasteiger partial charge on any atom is -0.402 e. The van der Waals surface area contributed by atoms with Crippen LogP contribution in [0, 0.1) is 11.3 Å². The lowest BCUT2D eigenvalue weighted by Crippen LogP contribution is -2.32. The van der Waals surface area contributed by atoms with Gasteiger partial charge in [0, 0.05) is 6.04 Å². The first-order chi connectivity index (χ1) is 14.9. The van der Waals surface area contributed by atoms with Gasteiger partial charge in [-0.25, -0.2) is 4.67 Å². The molecule has 0 aliphatic carbocycles. The van der Waals surface area contributed by atoms with Crippen molar-refractivity contribution in [2.24, 2.45) is 4.41 Å². The van der Waals surface area contributed by atoms with Gasteiger partial charge in [-0.2, -0.15) is 5.26 Å². The Morgan fingerprint density at radius 2 is 1.62 bits per heavy atom. The Morgan fingerprint density at radius 1 is 1.03 bits per heavy atom. The summed E-state index contributed by atoms with van der Waals surface area (Å²) in [6.45, 7) is 15.6. The van der Waals surface area contributed by atoms with E-state index in [0.29, 0.717) is 5.56 Å². The van der Waals surface area contributed by atoms with Gasteiger partial charge in [0.2, 0.25) is 0 Å². The van der Waals surface area contributed by atoms with Crippen LogP contribution in [-0.2, 0) is 8.95 Å². The topological polar surface area (TPSA) is 57.9 Å². The molecule has 0 aromatic heterocycles. The minimum absolute atomic E-state index is 0.0687. The lowest BCUT2D eigenvalue weighted by molar-refractivity contribution is 0.201. The Morgan fingerprint density at radius 3 is 2.12 bits per heavy atom. The molecule has 0 N–H and O–H groups in total. The predicted molar refractivity (Wildman–Crippen MR) is 139 cm³/mol. The molecule has 4 atom stereocenters. The van der Waals surface area contributed by atoms with Gasteiger partial charge in [-0.1, -0.05) is 42.5 Å². The smallest absolute Gasteiger partial charge is 0.185 e. The number of hydrogen-bond donors (Lipinski definition) is 0. The highest BCUT2D eigenvalue weighted by Gasteiger charge is 2.51. The first-order valence-corrected chi connectivity index (χ1v) is 19.7. The molecule has 32 heavy (non-hydrogen) atoms. The standard InChI is InChI=1S/C24H36N3O2PSi2/c1-19-23(21-12-10-9-11-13-21)28-30(27(19)2,26-31(3,4)5)24(29-32(6,7)8)22-16-14-20(18-25)15-17-22/h9-17,19,23-24H,1-8H3/t19-,23-,24+,30?/m0/s1. The average molecular weight is 486 g/mol. The van der Waals surface area contributed by atoms with E-state index in [1.54, 1.807) is 0 Å². The molecule has 3 rings (SSSR count). The molecule has 0 bridgehead atoms. The van der Waals surface area contributed by atoms with E-state index in [2.05, 4.69) is 88.3 Å². The fourth-order valence-corrected chi connectivity index (χ4v) is 13.3. The lowest BCUT2D eigenvalue weighted by atomic mass is 10.0. The zero-order valence-corrected chi connectivity index (χ0v) is 23.4. The van der Waals surface area contributed by atoms with Crippen LogP contribution in [0.25, 0.3) is 0 Å². The molecule has 1 unspecified atom stereocenters. The zero-order valence-electron chi connectivity index (χ0n) is 20.5. The van der Waals surface area contributed by atoms with Crippen LogP contribution in [-0.4, -0.2) is 34.3 Å². The zero-order chi connectivity index (χ0) is 23.7. The van der Waals surface area contributed by atoms with Crippen LogP contribution < -0.4 is 0 Å². The van der Waals surface area contributed by atoms with Crippen LogP contribution in [0.4, 0.5) is 0 Å². The fraction of sp³-hybridized carbons (Fsp3) is 0.458. The van der Waals surface area contributed by atoms with Crippen molar-refractivity contribution in [1.82, 2.24) is 4.67 Å². The molecule has 5 nitrogen and oxygen atoms in total. The van der Waals surface area contributed by atoms with E-state index < -0.39 is 24.0 Å². The predicted octanol–water partition coefficient (Wildman–Crippen LogP) is 7.37. The van der Waals surface area contributed by atoms with Crippen LogP contribution in [0.2, 0.25) is 39.3 Å². The molecule has 0 radical (unpaired) electrons. The van der Waals surface area contributed by atoms with Gasteiger partial charge in [-0.3, -0.25) is 0 Å². The number of rotatable bonds is 6. The highest BCUT2D eigenvalue weighted by molar-refractivity contribution is 7.60. The second-order valence-electron chi connectivity index (χ2n) is 10.4. The van der Waals surface area contributed by atoms with E-state index in [1.807, 2.05) is 30.3 Å². The summed E-state index contributed by atoms with van der Waals surface area (Å²) in [7, 11) is -4.24. The molecule has 1 aliphatic heterocycles. The maximum atomic E-state index is 9.29. The Labute approximate surface area is 195 Å². The van der Waals surface area contributed by atoms with Gasteiger partial charge in [-0.15, -0.1) is 0 Å². The fourth-order valence-electron chi connectivity index (χ4n) is 3.95. The van der Waals surface area contributed by atoms with Crippen molar-refractivity contribution >= 4 is 24.0 Å². The Balaban J connectivity index is 2.23. The minimum atomic E-state index is -2.54. The van der Waals surface area contributed by atoms with Crippen LogP contribution in [0.3, 0.4) is 0 Å². The highest BCUT2D eigenvalue weighted by atomic mass is 31.2. The SMILES string of the molecule is C[C@H]1[C@@H](c2ccccc2)OP(=N[Si](C)(C)C)([C@@H](O[Si](C)(C)C)c2ccc(C#N)cc2)N1C. The number of hydrogen-bond acceptors (Lipinski definition) is 4. The molecule has 0 saturated carbocycles. The van der Waals surface area contributed by atoms with Crippen LogP contribution in [0.5, 0.6) is 0 Å². The summed E-state index contributed by atoms with van der Waals surface area (Å²) in [6, 6.07) is 20.6. The van der Waals surface area contributed by atoms with Crippen molar-refractivity contribution in [2.45, 2.75) is 64.2 Å². The summed E-state index contributed by atoms with van der Waals surface area (Å²) in [6.07, 6.45) is -0.0687. The van der Waals surface area contributed by atoms with E-state index in [0.717, 1.165) is 5.56 Å². The third kappa shape index (κ3) is 5.51. The first-order valence-electron chi connectivity index (χ1n) is 11.1. The van der Waals surface area contributed by atoms with Gasteiger partial charge >= 0.3 is 0 Å². The number of likely N-dealkylation sites (N-methyl/N-ethyl adjacent to an activating group) is 1. The molecular weight excluding hydrogens is 449 g/mol. The Bertz CT molecular complexity index is 1020. The maximum Gasteiger partial charge on any atom is 0.185 e. The van der Waals surface area contributed by atoms with Gasteiger partial charge in [0.05, 0.1) is 11.6 Å². The third-order valence-electron chi connectivity index (χ3n) is 5.42. The molecule has 0 amide bonds. The summed E-state index contributed by atoms with van der Waals surface area (Å²) in [5.74, 6) is -0.283. The van der Waals surface area contributed by atoms with Gasteiger partial charge < -0.3 is 13.4 Å². The molecule has 2 aromatic rings. The summed E-state index contributed by atoms with van der Waals surface area (Å²) in [5.41, 5.74) is 2.85. The van der Waals surface area contributed by atoms with E-state index in [4.69, 9.17) is 13.4 Å². The van der Waals surface area contributed by atoms with Crippen molar-refractivity contribution in [3.05, 3.63) is 71.3 Å². The average Bonchev–Trinajstić information content (AvgIpc) is 2.97. The summed E-state index contributed by atoms with van der Waals surface area (Å²) >= 11 is 0. The molecule has 1 aliphatic rings. The molecule has 0 spiro atoms. The monoisotopic (exact) mass is 485 g/mol. The molecule has 172 valence electrons. The summed E-state index contributed by atoms with van der Waals surface area (Å²) in [5, 5.41) is 9.29. The van der Waals surface area contributed by atoms with Crippen molar-refractivity contribution in [2.75, 3.05) is 7.05 Å². The highest BCUT2D eigenvalue weighted by Crippen LogP contribution is 2.73. The quantitative estimate of drug-likeness (QED) is 0.317. The van der Waals surface area contributed by atoms with Crippen LogP contribution in [0.1, 0.15) is 35.6 Å². The molecule has 1 fully saturated rings. The first kappa shape index (κ1) is 25.1. The second-order valence-corrected chi connectivity index (χ2v) is 22.5. The molecule has 8 heteroatoms. The molecular formula is C24H36N3O2PSi2. The van der Waals surface area contributed by atoms with Crippen LogP contribution in [0.15, 0.2) is 59.0 Å².